The molecule has 74 valence electrons. The lowest BCUT2D eigenvalue weighted by Crippen LogP contribution is -1.99. The van der Waals surface area contributed by atoms with Gasteiger partial charge in [-0.3, -0.25) is 0 Å². The number of hydrogen-bond donors (Lipinski definition) is 1. The molecule has 0 unspecified atom stereocenters. The number of rotatable bonds is 1. The van der Waals surface area contributed by atoms with Crippen LogP contribution in [0.1, 0.15) is 23.1 Å². The fourth-order valence-corrected chi connectivity index (χ4v) is 1.99. The quantitative estimate of drug-likeness (QED) is 0.545. The van der Waals surface area contributed by atoms with E-state index in [1.54, 1.807) is 7.11 Å². The second-order valence-electron chi connectivity index (χ2n) is 3.55. The molecule has 0 bridgehead atoms. The predicted molar refractivity (Wildman–Crippen MR) is 54.4 cm³/mol. The summed E-state index contributed by atoms with van der Waals surface area (Å²) in [5, 5.41) is 12.1. The van der Waals surface area contributed by atoms with Gasteiger partial charge in [0.15, 0.2) is 0 Å². The summed E-state index contributed by atoms with van der Waals surface area (Å²) in [6, 6.07) is 4.09. The van der Waals surface area contributed by atoms with Gasteiger partial charge in [0.1, 0.15) is 5.75 Å². The van der Waals surface area contributed by atoms with Gasteiger partial charge in [-0.15, -0.1) is 0 Å². The van der Waals surface area contributed by atoms with Crippen LogP contribution in [0.25, 0.3) is 0 Å². The number of benzene rings is 1. The molecule has 0 saturated carbocycles. The molecule has 0 atom stereocenters. The monoisotopic (exact) mass is 191 g/mol. The third kappa shape index (κ3) is 1.25. The zero-order valence-electron chi connectivity index (χ0n) is 8.37. The Hall–Kier alpha value is -1.51. The van der Waals surface area contributed by atoms with Gasteiger partial charge in [-0.05, 0) is 37.0 Å². The third-order valence-electron chi connectivity index (χ3n) is 2.59. The summed E-state index contributed by atoms with van der Waals surface area (Å²) >= 11 is 0. The van der Waals surface area contributed by atoms with Crippen molar-refractivity contribution in [2.75, 3.05) is 7.11 Å². The smallest absolute Gasteiger partial charge is 0.128 e. The van der Waals surface area contributed by atoms with Gasteiger partial charge < -0.3 is 9.94 Å². The highest BCUT2D eigenvalue weighted by atomic mass is 16.5. The van der Waals surface area contributed by atoms with Crippen LogP contribution in [0, 0.1) is 6.92 Å². The molecule has 3 heteroatoms. The van der Waals surface area contributed by atoms with Gasteiger partial charge in [-0.1, -0.05) is 11.2 Å². The number of fused-ring (bicyclic) bond motifs is 1. The molecule has 0 aliphatic heterocycles. The van der Waals surface area contributed by atoms with Crippen molar-refractivity contribution >= 4 is 5.71 Å². The van der Waals surface area contributed by atoms with Gasteiger partial charge >= 0.3 is 0 Å². The first-order chi connectivity index (χ1) is 6.76. The highest BCUT2D eigenvalue weighted by molar-refractivity contribution is 6.06. The van der Waals surface area contributed by atoms with Crippen molar-refractivity contribution in [3.8, 4) is 5.75 Å². The lowest BCUT2D eigenvalue weighted by Gasteiger charge is -2.08. The summed E-state index contributed by atoms with van der Waals surface area (Å²) in [6.45, 7) is 2.04. The molecule has 1 aliphatic rings. The Morgan fingerprint density at radius 1 is 1.36 bits per heavy atom. The molecule has 0 heterocycles. The van der Waals surface area contributed by atoms with E-state index in [2.05, 4.69) is 11.2 Å². The number of methoxy groups -OCH3 is 1. The summed E-state index contributed by atoms with van der Waals surface area (Å²) in [6.07, 6.45) is 1.73. The van der Waals surface area contributed by atoms with E-state index in [1.165, 1.54) is 11.1 Å². The maximum Gasteiger partial charge on any atom is 0.128 e. The molecule has 0 amide bonds. The lowest BCUT2D eigenvalue weighted by molar-refractivity contribution is 0.318. The SMILES string of the molecule is COc1cc(C)cc2c1/C(=N/O)CC2. The van der Waals surface area contributed by atoms with Gasteiger partial charge in [-0.2, -0.15) is 0 Å². The van der Waals surface area contributed by atoms with Gasteiger partial charge in [-0.25, -0.2) is 0 Å². The Bertz CT molecular complexity index is 397. The van der Waals surface area contributed by atoms with Crippen LogP contribution >= 0.6 is 0 Å². The van der Waals surface area contributed by atoms with E-state index in [4.69, 9.17) is 9.94 Å². The van der Waals surface area contributed by atoms with Crippen LogP contribution in [0.2, 0.25) is 0 Å². The van der Waals surface area contributed by atoms with Crippen LogP contribution < -0.4 is 4.74 Å². The summed E-state index contributed by atoms with van der Waals surface area (Å²) in [5.41, 5.74) is 4.10. The minimum atomic E-state index is 0.733. The van der Waals surface area contributed by atoms with Crippen LogP contribution in [0.4, 0.5) is 0 Å². The first-order valence-electron chi connectivity index (χ1n) is 4.65. The Kier molecular flexibility index (Phi) is 2.15. The van der Waals surface area contributed by atoms with E-state index in [9.17, 15) is 0 Å². The normalized spacial score (nSPS) is 17.1. The first kappa shape index (κ1) is 9.06. The second-order valence-corrected chi connectivity index (χ2v) is 3.55. The summed E-state index contributed by atoms with van der Waals surface area (Å²) < 4.78 is 5.28. The molecule has 0 fully saturated rings. The number of oxime groups is 1. The van der Waals surface area contributed by atoms with Crippen molar-refractivity contribution in [2.24, 2.45) is 5.16 Å². The lowest BCUT2D eigenvalue weighted by atomic mass is 10.1. The number of nitrogens with zero attached hydrogens (tertiary/aromatic N) is 1. The van der Waals surface area contributed by atoms with Crippen LogP contribution in [0.15, 0.2) is 17.3 Å². The van der Waals surface area contributed by atoms with E-state index in [0.717, 1.165) is 29.9 Å². The Morgan fingerprint density at radius 3 is 2.79 bits per heavy atom. The van der Waals surface area contributed by atoms with Crippen molar-refractivity contribution in [2.45, 2.75) is 19.8 Å². The Morgan fingerprint density at radius 2 is 2.14 bits per heavy atom. The maximum absolute atomic E-state index is 8.83. The Balaban J connectivity index is 2.63. The van der Waals surface area contributed by atoms with Crippen molar-refractivity contribution in [1.82, 2.24) is 0 Å². The molecule has 0 saturated heterocycles. The highest BCUT2D eigenvalue weighted by Gasteiger charge is 2.22. The van der Waals surface area contributed by atoms with E-state index in [-0.39, 0.29) is 0 Å². The van der Waals surface area contributed by atoms with E-state index in [0.29, 0.717) is 0 Å². The molecule has 3 nitrogen and oxygen atoms in total. The highest BCUT2D eigenvalue weighted by Crippen LogP contribution is 2.32. The van der Waals surface area contributed by atoms with Gasteiger partial charge in [0, 0.05) is 5.56 Å². The minimum Gasteiger partial charge on any atom is -0.496 e. The standard InChI is InChI=1S/C11H13NO2/c1-7-5-8-3-4-9(12-13)11(8)10(6-7)14-2/h5-6,13H,3-4H2,1-2H3/b12-9+. The molecule has 1 aliphatic carbocycles. The minimum absolute atomic E-state index is 0.733. The first-order valence-corrected chi connectivity index (χ1v) is 4.65. The molecule has 0 aromatic heterocycles. The summed E-state index contributed by atoms with van der Waals surface area (Å²) in [7, 11) is 1.64. The van der Waals surface area contributed by atoms with Crippen LogP contribution in [0.5, 0.6) is 5.75 Å². The zero-order valence-corrected chi connectivity index (χ0v) is 8.37. The van der Waals surface area contributed by atoms with Gasteiger partial charge in [0.05, 0.1) is 12.8 Å². The largest absolute Gasteiger partial charge is 0.496 e. The van der Waals surface area contributed by atoms with Crippen molar-refractivity contribution in [1.29, 1.82) is 0 Å². The molecular weight excluding hydrogens is 178 g/mol. The third-order valence-corrected chi connectivity index (χ3v) is 2.59. The van der Waals surface area contributed by atoms with Crippen LogP contribution in [0.3, 0.4) is 0 Å². The second kappa shape index (κ2) is 3.33. The molecule has 0 radical (unpaired) electrons. The van der Waals surface area contributed by atoms with Gasteiger partial charge in [0.2, 0.25) is 0 Å². The fourth-order valence-electron chi connectivity index (χ4n) is 1.99. The molecule has 1 aromatic rings. The predicted octanol–water partition coefficient (Wildman–Crippen LogP) is 2.13. The fraction of sp³-hybridized carbons (Fsp3) is 0.364. The molecular formula is C11H13NO2. The van der Waals surface area contributed by atoms with E-state index in [1.807, 2.05) is 13.0 Å². The average molecular weight is 191 g/mol. The molecule has 1 aromatic carbocycles. The zero-order chi connectivity index (χ0) is 10.1. The number of ether oxygens (including phenoxy) is 1. The number of aryl methyl sites for hydroxylation is 2. The Labute approximate surface area is 83.0 Å². The van der Waals surface area contributed by atoms with Crippen molar-refractivity contribution in [3.05, 3.63) is 28.8 Å². The topological polar surface area (TPSA) is 41.8 Å². The molecule has 14 heavy (non-hydrogen) atoms. The van der Waals surface area contributed by atoms with Crippen molar-refractivity contribution < 1.29 is 9.94 Å². The average Bonchev–Trinajstić information content (AvgIpc) is 2.59. The van der Waals surface area contributed by atoms with E-state index < -0.39 is 0 Å². The maximum atomic E-state index is 8.83. The molecule has 1 N–H and O–H groups in total. The molecule has 0 spiro atoms. The number of hydrogen-bond acceptors (Lipinski definition) is 3. The van der Waals surface area contributed by atoms with Crippen LogP contribution in [-0.4, -0.2) is 18.0 Å². The van der Waals surface area contributed by atoms with Gasteiger partial charge in [0.25, 0.3) is 0 Å². The summed E-state index contributed by atoms with van der Waals surface area (Å²) in [5.74, 6) is 0.810. The van der Waals surface area contributed by atoms with Crippen molar-refractivity contribution in [3.63, 3.8) is 0 Å². The summed E-state index contributed by atoms with van der Waals surface area (Å²) in [4.78, 5) is 0. The molecule has 2 rings (SSSR count). The van der Waals surface area contributed by atoms with E-state index >= 15 is 0 Å². The van der Waals surface area contributed by atoms with Crippen LogP contribution in [-0.2, 0) is 6.42 Å².